The van der Waals surface area contributed by atoms with Crippen LogP contribution in [-0.2, 0) is 0 Å². The third kappa shape index (κ3) is 2.56. The number of nitrogens with zero attached hydrogens (tertiary/aromatic N) is 1. The van der Waals surface area contributed by atoms with E-state index in [1.807, 2.05) is 0 Å². The molecule has 5 heteroatoms. The first-order valence-corrected chi connectivity index (χ1v) is 5.24. The summed E-state index contributed by atoms with van der Waals surface area (Å²) in [5.41, 5.74) is 6.10. The van der Waals surface area contributed by atoms with E-state index in [-0.39, 0.29) is 0 Å². The number of aromatic nitrogens is 1. The summed E-state index contributed by atoms with van der Waals surface area (Å²) in [6, 6.07) is 6.70. The molecule has 1 aromatic heterocycles. The molecule has 2 aromatic rings. The van der Waals surface area contributed by atoms with Crippen LogP contribution in [0.4, 0.5) is 5.69 Å². The number of nitrogens with two attached hydrogens (primary N) is 1. The third-order valence-electron chi connectivity index (χ3n) is 1.89. The zero-order valence-corrected chi connectivity index (χ0v) is 9.66. The monoisotopic (exact) mass is 254 g/mol. The van der Waals surface area contributed by atoms with Crippen LogP contribution < -0.4 is 10.5 Å². The summed E-state index contributed by atoms with van der Waals surface area (Å²) >= 11 is 11.6. The van der Waals surface area contributed by atoms with Crippen LogP contribution in [0.5, 0.6) is 11.5 Å². The lowest BCUT2D eigenvalue weighted by atomic mass is 10.3. The van der Waals surface area contributed by atoms with E-state index < -0.39 is 0 Å². The molecular formula is C11H8Cl2N2O. The van der Waals surface area contributed by atoms with E-state index in [0.717, 1.165) is 0 Å². The fraction of sp³-hybridized carbons (Fsp3) is 0. The Bertz CT molecular complexity index is 517. The zero-order valence-electron chi connectivity index (χ0n) is 8.15. The van der Waals surface area contributed by atoms with Crippen molar-refractivity contribution in [1.29, 1.82) is 0 Å². The first kappa shape index (κ1) is 11.0. The van der Waals surface area contributed by atoms with Crippen molar-refractivity contribution in [1.82, 2.24) is 4.98 Å². The fourth-order valence-electron chi connectivity index (χ4n) is 1.16. The molecule has 16 heavy (non-hydrogen) atoms. The lowest BCUT2D eigenvalue weighted by Gasteiger charge is -2.06. The van der Waals surface area contributed by atoms with Gasteiger partial charge in [-0.3, -0.25) is 4.98 Å². The minimum Gasteiger partial charge on any atom is -0.456 e. The largest absolute Gasteiger partial charge is 0.456 e. The van der Waals surface area contributed by atoms with E-state index in [9.17, 15) is 0 Å². The van der Waals surface area contributed by atoms with Gasteiger partial charge < -0.3 is 10.5 Å². The van der Waals surface area contributed by atoms with E-state index in [1.165, 1.54) is 6.20 Å². The highest BCUT2D eigenvalue weighted by Crippen LogP contribution is 2.28. The van der Waals surface area contributed by atoms with E-state index >= 15 is 0 Å². The number of pyridine rings is 1. The summed E-state index contributed by atoms with van der Waals surface area (Å²) in [4.78, 5) is 3.91. The number of benzene rings is 1. The van der Waals surface area contributed by atoms with Crippen molar-refractivity contribution in [2.24, 2.45) is 0 Å². The minimum absolute atomic E-state index is 0.451. The Morgan fingerprint density at radius 2 is 1.88 bits per heavy atom. The quantitative estimate of drug-likeness (QED) is 0.831. The maximum Gasteiger partial charge on any atom is 0.147 e. The lowest BCUT2D eigenvalue weighted by Crippen LogP contribution is -1.89. The van der Waals surface area contributed by atoms with Gasteiger partial charge in [-0.25, -0.2) is 0 Å². The Morgan fingerprint density at radius 3 is 2.56 bits per heavy atom. The fourth-order valence-corrected chi connectivity index (χ4v) is 1.49. The predicted molar refractivity (Wildman–Crippen MR) is 65.2 cm³/mol. The van der Waals surface area contributed by atoms with Gasteiger partial charge in [0.2, 0.25) is 0 Å². The molecular weight excluding hydrogens is 247 g/mol. The Labute approximate surface area is 103 Å². The molecule has 2 rings (SSSR count). The number of nitrogen functional groups attached to an aromatic ring is 1. The zero-order chi connectivity index (χ0) is 11.5. The second-order valence-electron chi connectivity index (χ2n) is 3.12. The van der Waals surface area contributed by atoms with Crippen LogP contribution >= 0.6 is 23.2 Å². The minimum atomic E-state index is 0.451. The Kier molecular flexibility index (Phi) is 3.17. The predicted octanol–water partition coefficient (Wildman–Crippen LogP) is 3.76. The molecule has 0 aliphatic carbocycles. The smallest absolute Gasteiger partial charge is 0.147 e. The first-order chi connectivity index (χ1) is 7.65. The van der Waals surface area contributed by atoms with Crippen molar-refractivity contribution in [3.05, 3.63) is 46.7 Å². The van der Waals surface area contributed by atoms with Gasteiger partial charge in [0, 0.05) is 18.3 Å². The molecule has 0 saturated carbocycles. The molecule has 0 unspecified atom stereocenters. The summed E-state index contributed by atoms with van der Waals surface area (Å²) < 4.78 is 5.51. The van der Waals surface area contributed by atoms with Crippen LogP contribution in [0, 0.1) is 0 Å². The van der Waals surface area contributed by atoms with Crippen molar-refractivity contribution in [3.8, 4) is 11.5 Å². The number of anilines is 1. The summed E-state index contributed by atoms with van der Waals surface area (Å²) in [6.07, 6.45) is 3.10. The van der Waals surface area contributed by atoms with E-state index in [4.69, 9.17) is 33.7 Å². The Morgan fingerprint density at radius 1 is 1.06 bits per heavy atom. The highest BCUT2D eigenvalue weighted by Gasteiger charge is 2.01. The van der Waals surface area contributed by atoms with Gasteiger partial charge in [-0.1, -0.05) is 23.2 Å². The van der Waals surface area contributed by atoms with Gasteiger partial charge in [0.25, 0.3) is 0 Å². The van der Waals surface area contributed by atoms with Crippen molar-refractivity contribution >= 4 is 28.9 Å². The van der Waals surface area contributed by atoms with E-state index in [0.29, 0.717) is 27.2 Å². The second kappa shape index (κ2) is 4.60. The van der Waals surface area contributed by atoms with Gasteiger partial charge >= 0.3 is 0 Å². The molecule has 0 aliphatic heterocycles. The topological polar surface area (TPSA) is 48.1 Å². The molecule has 0 bridgehead atoms. The summed E-state index contributed by atoms with van der Waals surface area (Å²) in [5, 5.41) is 0.964. The second-order valence-corrected chi connectivity index (χ2v) is 3.97. The average molecular weight is 255 g/mol. The summed E-state index contributed by atoms with van der Waals surface area (Å²) in [7, 11) is 0. The molecule has 0 radical (unpaired) electrons. The van der Waals surface area contributed by atoms with Gasteiger partial charge in [-0.15, -0.1) is 0 Å². The molecule has 82 valence electrons. The van der Waals surface area contributed by atoms with E-state index in [2.05, 4.69) is 4.98 Å². The molecule has 0 saturated heterocycles. The Balaban J connectivity index is 2.24. The van der Waals surface area contributed by atoms with Crippen LogP contribution in [0.2, 0.25) is 10.0 Å². The normalized spacial score (nSPS) is 10.1. The molecule has 0 fully saturated rings. The number of hydrogen-bond donors (Lipinski definition) is 1. The standard InChI is InChI=1S/C11H8Cl2N2O/c12-7-3-9(6-15-5-7)16-8-1-2-11(14)10(13)4-8/h1-6H,14H2. The third-order valence-corrected chi connectivity index (χ3v) is 2.42. The molecule has 0 spiro atoms. The summed E-state index contributed by atoms with van der Waals surface area (Å²) in [5.74, 6) is 1.14. The maximum absolute atomic E-state index is 5.86. The van der Waals surface area contributed by atoms with Crippen molar-refractivity contribution in [2.45, 2.75) is 0 Å². The molecule has 1 heterocycles. The van der Waals surface area contributed by atoms with Gasteiger partial charge in [0.15, 0.2) is 0 Å². The molecule has 3 nitrogen and oxygen atoms in total. The van der Waals surface area contributed by atoms with Gasteiger partial charge in [-0.2, -0.15) is 0 Å². The van der Waals surface area contributed by atoms with Crippen LogP contribution in [-0.4, -0.2) is 4.98 Å². The summed E-state index contributed by atoms with van der Waals surface area (Å²) in [6.45, 7) is 0. The van der Waals surface area contributed by atoms with Crippen LogP contribution in [0.3, 0.4) is 0 Å². The number of ether oxygens (including phenoxy) is 1. The Hall–Kier alpha value is -1.45. The van der Waals surface area contributed by atoms with Crippen molar-refractivity contribution < 1.29 is 4.74 Å². The van der Waals surface area contributed by atoms with E-state index in [1.54, 1.807) is 30.5 Å². The molecule has 0 atom stereocenters. The van der Waals surface area contributed by atoms with Crippen molar-refractivity contribution in [3.63, 3.8) is 0 Å². The molecule has 0 amide bonds. The van der Waals surface area contributed by atoms with Crippen LogP contribution in [0.25, 0.3) is 0 Å². The van der Waals surface area contributed by atoms with Gasteiger partial charge in [0.1, 0.15) is 11.5 Å². The van der Waals surface area contributed by atoms with Gasteiger partial charge in [-0.05, 0) is 12.1 Å². The number of rotatable bonds is 2. The van der Waals surface area contributed by atoms with Crippen molar-refractivity contribution in [2.75, 3.05) is 5.73 Å². The lowest BCUT2D eigenvalue weighted by molar-refractivity contribution is 0.480. The first-order valence-electron chi connectivity index (χ1n) is 4.48. The van der Waals surface area contributed by atoms with Gasteiger partial charge in [0.05, 0.1) is 21.9 Å². The number of hydrogen-bond acceptors (Lipinski definition) is 3. The highest BCUT2D eigenvalue weighted by atomic mass is 35.5. The average Bonchev–Trinajstić information content (AvgIpc) is 2.24. The molecule has 2 N–H and O–H groups in total. The SMILES string of the molecule is Nc1ccc(Oc2cncc(Cl)c2)cc1Cl. The molecule has 1 aromatic carbocycles. The van der Waals surface area contributed by atoms with Crippen LogP contribution in [0.15, 0.2) is 36.7 Å². The maximum atomic E-state index is 5.86. The van der Waals surface area contributed by atoms with Crippen LogP contribution in [0.1, 0.15) is 0 Å². The number of halogens is 2. The molecule has 0 aliphatic rings. The highest BCUT2D eigenvalue weighted by molar-refractivity contribution is 6.33.